The molecule has 0 aromatic heterocycles. The molecule has 24 heavy (non-hydrogen) atoms. The van der Waals surface area contributed by atoms with Crippen molar-refractivity contribution in [2.24, 2.45) is 5.92 Å². The van der Waals surface area contributed by atoms with Gasteiger partial charge in [-0.15, -0.1) is 0 Å². The van der Waals surface area contributed by atoms with Gasteiger partial charge < -0.3 is 14.8 Å². The number of ether oxygens (including phenoxy) is 2. The summed E-state index contributed by atoms with van der Waals surface area (Å²) in [6.07, 6.45) is 2.19. The first-order valence-electron chi connectivity index (χ1n) is 8.54. The predicted octanol–water partition coefficient (Wildman–Crippen LogP) is 1.84. The first kappa shape index (κ1) is 18.5. The summed E-state index contributed by atoms with van der Waals surface area (Å²) < 4.78 is 10.2. The van der Waals surface area contributed by atoms with Crippen LogP contribution in [-0.2, 0) is 19.1 Å². The van der Waals surface area contributed by atoms with Crippen molar-refractivity contribution >= 4 is 18.0 Å². The third kappa shape index (κ3) is 3.65. The van der Waals surface area contributed by atoms with E-state index in [0.29, 0.717) is 19.4 Å². The first-order valence-corrected chi connectivity index (χ1v) is 8.54. The summed E-state index contributed by atoms with van der Waals surface area (Å²) in [5.74, 6) is -0.630. The van der Waals surface area contributed by atoms with E-state index in [0.717, 1.165) is 12.8 Å². The van der Waals surface area contributed by atoms with Crippen molar-refractivity contribution in [2.45, 2.75) is 70.6 Å². The summed E-state index contributed by atoms with van der Waals surface area (Å²) in [5, 5.41) is 2.85. The summed E-state index contributed by atoms with van der Waals surface area (Å²) in [4.78, 5) is 38.5. The van der Waals surface area contributed by atoms with Crippen molar-refractivity contribution in [3.8, 4) is 0 Å². The maximum atomic E-state index is 12.7. The molecule has 1 heterocycles. The topological polar surface area (TPSA) is 84.9 Å². The molecule has 7 heteroatoms. The zero-order valence-corrected chi connectivity index (χ0v) is 15.2. The van der Waals surface area contributed by atoms with E-state index >= 15 is 0 Å². The zero-order valence-electron chi connectivity index (χ0n) is 15.2. The highest BCUT2D eigenvalue weighted by Crippen LogP contribution is 2.47. The second-order valence-electron chi connectivity index (χ2n) is 7.59. The van der Waals surface area contributed by atoms with Crippen molar-refractivity contribution < 1.29 is 23.9 Å². The van der Waals surface area contributed by atoms with Gasteiger partial charge in [0.25, 0.3) is 0 Å². The number of esters is 1. The van der Waals surface area contributed by atoms with Gasteiger partial charge in [-0.2, -0.15) is 0 Å². The van der Waals surface area contributed by atoms with Crippen molar-refractivity contribution in [1.82, 2.24) is 10.2 Å². The molecule has 0 bridgehead atoms. The van der Waals surface area contributed by atoms with Gasteiger partial charge in [0.05, 0.1) is 7.11 Å². The number of rotatable bonds is 4. The fourth-order valence-corrected chi connectivity index (χ4v) is 3.34. The molecular weight excluding hydrogens is 312 g/mol. The van der Waals surface area contributed by atoms with Crippen molar-refractivity contribution in [3.05, 3.63) is 0 Å². The minimum Gasteiger partial charge on any atom is -0.467 e. The molecule has 0 aromatic rings. The molecule has 0 spiro atoms. The largest absolute Gasteiger partial charge is 0.467 e. The van der Waals surface area contributed by atoms with Crippen LogP contribution in [-0.4, -0.2) is 53.7 Å². The monoisotopic (exact) mass is 340 g/mol. The molecule has 1 saturated heterocycles. The van der Waals surface area contributed by atoms with Gasteiger partial charge >= 0.3 is 12.1 Å². The van der Waals surface area contributed by atoms with Crippen LogP contribution in [0.5, 0.6) is 0 Å². The molecule has 0 aromatic carbocycles. The molecule has 1 saturated carbocycles. The fraction of sp³-hybridized carbons (Fsp3) is 0.824. The van der Waals surface area contributed by atoms with E-state index < -0.39 is 29.2 Å². The highest BCUT2D eigenvalue weighted by atomic mass is 16.6. The van der Waals surface area contributed by atoms with E-state index in [-0.39, 0.29) is 11.8 Å². The van der Waals surface area contributed by atoms with Crippen LogP contribution in [0.4, 0.5) is 4.79 Å². The van der Waals surface area contributed by atoms with Crippen LogP contribution < -0.4 is 5.32 Å². The molecule has 136 valence electrons. The van der Waals surface area contributed by atoms with Crippen molar-refractivity contribution in [2.75, 3.05) is 13.7 Å². The zero-order chi connectivity index (χ0) is 18.1. The molecule has 2 rings (SSSR count). The summed E-state index contributed by atoms with van der Waals surface area (Å²) in [6.45, 7) is 7.83. The van der Waals surface area contributed by atoms with Gasteiger partial charge in [-0.3, -0.25) is 9.69 Å². The summed E-state index contributed by atoms with van der Waals surface area (Å²) in [7, 11) is 1.32. The Balaban J connectivity index is 2.06. The molecule has 1 aliphatic heterocycles. The Hall–Kier alpha value is -1.79. The summed E-state index contributed by atoms with van der Waals surface area (Å²) in [5.41, 5.74) is -1.54. The smallest absolute Gasteiger partial charge is 0.410 e. The molecular formula is C17H28N2O5. The van der Waals surface area contributed by atoms with Crippen LogP contribution in [0.3, 0.4) is 0 Å². The third-order valence-electron chi connectivity index (χ3n) is 4.68. The van der Waals surface area contributed by atoms with Gasteiger partial charge in [-0.05, 0) is 46.0 Å². The lowest BCUT2D eigenvalue weighted by molar-refractivity contribution is -0.147. The molecule has 1 N–H and O–H groups in total. The second kappa shape index (κ2) is 6.61. The lowest BCUT2D eigenvalue weighted by atomic mass is 10.1. The number of amides is 2. The number of nitrogens with one attached hydrogen (secondary N) is 1. The van der Waals surface area contributed by atoms with E-state index in [1.807, 2.05) is 6.92 Å². The normalized spacial score (nSPS) is 29.1. The number of carbonyl (C=O) groups is 3. The van der Waals surface area contributed by atoms with Crippen molar-refractivity contribution in [3.63, 3.8) is 0 Å². The molecule has 2 aliphatic rings. The Morgan fingerprint density at radius 3 is 2.46 bits per heavy atom. The summed E-state index contributed by atoms with van der Waals surface area (Å²) >= 11 is 0. The van der Waals surface area contributed by atoms with Gasteiger partial charge in [0.2, 0.25) is 5.91 Å². The number of likely N-dealkylation sites (tertiary alicyclic amines) is 1. The van der Waals surface area contributed by atoms with Gasteiger partial charge in [-0.1, -0.05) is 13.3 Å². The Morgan fingerprint density at radius 2 is 1.96 bits per heavy atom. The first-order chi connectivity index (χ1) is 11.1. The van der Waals surface area contributed by atoms with E-state index in [4.69, 9.17) is 9.47 Å². The predicted molar refractivity (Wildman–Crippen MR) is 87.2 cm³/mol. The molecule has 3 atom stereocenters. The third-order valence-corrected chi connectivity index (χ3v) is 4.68. The highest BCUT2D eigenvalue weighted by Gasteiger charge is 2.61. The Kier molecular flexibility index (Phi) is 5.11. The molecule has 1 aliphatic carbocycles. The van der Waals surface area contributed by atoms with Crippen LogP contribution >= 0.6 is 0 Å². The molecule has 2 amide bonds. The maximum absolute atomic E-state index is 12.7. The molecule has 2 fully saturated rings. The Morgan fingerprint density at radius 1 is 1.29 bits per heavy atom. The summed E-state index contributed by atoms with van der Waals surface area (Å²) in [6, 6.07) is -0.598. The Bertz CT molecular complexity index is 528. The lowest BCUT2D eigenvalue weighted by Gasteiger charge is -2.29. The number of carbonyl (C=O) groups excluding carboxylic acids is 3. The van der Waals surface area contributed by atoms with Crippen LogP contribution in [0.2, 0.25) is 0 Å². The van der Waals surface area contributed by atoms with Gasteiger partial charge in [-0.25, -0.2) is 9.59 Å². The van der Waals surface area contributed by atoms with E-state index in [1.165, 1.54) is 12.0 Å². The van der Waals surface area contributed by atoms with E-state index in [9.17, 15) is 14.4 Å². The van der Waals surface area contributed by atoms with Crippen LogP contribution in [0.25, 0.3) is 0 Å². The minimum absolute atomic E-state index is 0.0882. The lowest BCUT2D eigenvalue weighted by Crippen LogP contribution is -2.53. The SMILES string of the molecule is CCC1CC1(NC(=O)C1CCCN1C(=O)OC(C)(C)C)C(=O)OC. The molecule has 3 unspecified atom stereocenters. The van der Waals surface area contributed by atoms with Gasteiger partial charge in [0.1, 0.15) is 17.2 Å². The van der Waals surface area contributed by atoms with E-state index in [1.54, 1.807) is 20.8 Å². The highest BCUT2D eigenvalue weighted by molar-refractivity contribution is 5.94. The van der Waals surface area contributed by atoms with Crippen LogP contribution in [0.15, 0.2) is 0 Å². The van der Waals surface area contributed by atoms with Crippen LogP contribution in [0.1, 0.15) is 53.4 Å². The van der Waals surface area contributed by atoms with E-state index in [2.05, 4.69) is 5.32 Å². The van der Waals surface area contributed by atoms with Crippen molar-refractivity contribution in [1.29, 1.82) is 0 Å². The number of nitrogens with zero attached hydrogens (tertiary/aromatic N) is 1. The molecule has 0 radical (unpaired) electrons. The van der Waals surface area contributed by atoms with Crippen LogP contribution in [0, 0.1) is 5.92 Å². The maximum Gasteiger partial charge on any atom is 0.410 e. The Labute approximate surface area is 143 Å². The van der Waals surface area contributed by atoms with Gasteiger partial charge in [0, 0.05) is 6.54 Å². The fourth-order valence-electron chi connectivity index (χ4n) is 3.34. The average Bonchev–Trinajstić information content (AvgIpc) is 2.97. The minimum atomic E-state index is -0.928. The number of methoxy groups -OCH3 is 1. The quantitative estimate of drug-likeness (QED) is 0.790. The standard InChI is InChI=1S/C17H28N2O5/c1-6-11-10-17(11,14(21)23-5)18-13(20)12-8-7-9-19(12)15(22)24-16(2,3)4/h11-12H,6-10H2,1-5H3,(H,18,20). The average molecular weight is 340 g/mol. The number of hydrogen-bond acceptors (Lipinski definition) is 5. The second-order valence-corrected chi connectivity index (χ2v) is 7.59. The van der Waals surface area contributed by atoms with Gasteiger partial charge in [0.15, 0.2) is 0 Å². The molecule has 7 nitrogen and oxygen atoms in total. The number of hydrogen-bond donors (Lipinski definition) is 1.